The van der Waals surface area contributed by atoms with E-state index < -0.39 is 16.2 Å². The fraction of sp³-hybridized carbons (Fsp3) is 0.467. The monoisotopic (exact) mass is 628 g/mol. The van der Waals surface area contributed by atoms with E-state index in [1.165, 1.54) is 21.3 Å². The Labute approximate surface area is 255 Å². The molecule has 1 aliphatic carbocycles. The minimum absolute atomic E-state index is 0.0254. The van der Waals surface area contributed by atoms with Crippen LogP contribution in [0.25, 0.3) is 11.0 Å². The van der Waals surface area contributed by atoms with Gasteiger partial charge in [-0.3, -0.25) is 14.7 Å². The van der Waals surface area contributed by atoms with Crippen LogP contribution in [-0.2, 0) is 10.0 Å². The number of hydrogen-bond donors (Lipinski definition) is 3. The molecule has 14 heteroatoms. The van der Waals surface area contributed by atoms with Gasteiger partial charge in [-0.15, -0.1) is 0 Å². The predicted molar refractivity (Wildman–Crippen MR) is 163 cm³/mol. The van der Waals surface area contributed by atoms with Crippen molar-refractivity contribution in [2.75, 3.05) is 45.0 Å². The molecule has 0 radical (unpaired) electrons. The number of nitrogens with zero attached hydrogens (tertiary/aromatic N) is 3. The zero-order chi connectivity index (χ0) is 31.0. The molecule has 1 saturated heterocycles. The molecule has 0 unspecified atom stereocenters. The van der Waals surface area contributed by atoms with Crippen LogP contribution >= 0.6 is 0 Å². The molecule has 3 N–H and O–H groups in total. The van der Waals surface area contributed by atoms with Gasteiger partial charge in [-0.1, -0.05) is 5.16 Å². The van der Waals surface area contributed by atoms with Crippen LogP contribution in [0.3, 0.4) is 0 Å². The third kappa shape index (κ3) is 6.00. The van der Waals surface area contributed by atoms with Crippen LogP contribution in [-0.4, -0.2) is 69.8 Å². The molecule has 1 saturated carbocycles. The van der Waals surface area contributed by atoms with Crippen molar-refractivity contribution in [3.05, 3.63) is 41.6 Å². The summed E-state index contributed by atoms with van der Waals surface area (Å²) >= 11 is 0. The second-order valence-electron chi connectivity index (χ2n) is 11.4. The highest BCUT2D eigenvalue weighted by Gasteiger charge is 2.31. The van der Waals surface area contributed by atoms with Crippen LogP contribution in [0, 0.1) is 0 Å². The van der Waals surface area contributed by atoms with Crippen LogP contribution in [0.2, 0.25) is 0 Å². The smallest absolute Gasteiger partial charge is 0.270 e. The Hall–Kier alpha value is -4.04. The van der Waals surface area contributed by atoms with Crippen molar-refractivity contribution in [3.8, 4) is 17.2 Å². The van der Waals surface area contributed by atoms with E-state index in [0.29, 0.717) is 53.4 Å². The largest absolute Gasteiger partial charge is 0.495 e. The van der Waals surface area contributed by atoms with Crippen LogP contribution in [0.1, 0.15) is 61.7 Å². The molecule has 3 heterocycles. The van der Waals surface area contributed by atoms with E-state index in [4.69, 9.17) is 18.7 Å². The van der Waals surface area contributed by atoms with Crippen LogP contribution < -0.4 is 24.2 Å². The summed E-state index contributed by atoms with van der Waals surface area (Å²) in [7, 11) is 2.01. The van der Waals surface area contributed by atoms with Gasteiger partial charge >= 0.3 is 0 Å². The van der Waals surface area contributed by atoms with Gasteiger partial charge in [-0.2, -0.15) is 5.10 Å². The first-order valence-corrected chi connectivity index (χ1v) is 16.1. The first kappa shape index (κ1) is 30.0. The number of ether oxygens (including phenoxy) is 3. The zero-order valence-electron chi connectivity index (χ0n) is 25.1. The van der Waals surface area contributed by atoms with E-state index >= 15 is 0 Å². The van der Waals surface area contributed by atoms with Gasteiger partial charge in [0.05, 0.1) is 32.4 Å². The standard InChI is InChI=1S/C30H37FN6O6S/c1-37-11-5-6-19(31)9-10-23(37)18-12-26(41-3)29(27(13-18)42-4)44(38,39)36-30-20-14-25(40-2)22(15-24(20)43-35-30)32-28-16-21(33-34-28)17-7-8-17/h12-17,19,23H,5-11H2,1-4H3,(H,35,36)(H2,32,33,34)/t19-,23-/m0/s1. The van der Waals surface area contributed by atoms with Gasteiger partial charge in [0.25, 0.3) is 10.0 Å². The number of aromatic amines is 1. The summed E-state index contributed by atoms with van der Waals surface area (Å²) in [5, 5.41) is 15.0. The Morgan fingerprint density at radius 1 is 0.977 bits per heavy atom. The number of anilines is 3. The van der Waals surface area contributed by atoms with Gasteiger partial charge in [0.2, 0.25) is 0 Å². The number of hydrogen-bond acceptors (Lipinski definition) is 10. The molecule has 4 aromatic rings. The summed E-state index contributed by atoms with van der Waals surface area (Å²) in [6, 6.07) is 8.50. The van der Waals surface area contributed by atoms with Crippen LogP contribution in [0.15, 0.2) is 39.8 Å². The van der Waals surface area contributed by atoms with E-state index in [2.05, 4.69) is 30.3 Å². The molecule has 236 valence electrons. The molecular weight excluding hydrogens is 591 g/mol. The Balaban J connectivity index is 1.30. The molecule has 44 heavy (non-hydrogen) atoms. The van der Waals surface area contributed by atoms with Crippen molar-refractivity contribution in [1.29, 1.82) is 0 Å². The van der Waals surface area contributed by atoms with Crippen molar-refractivity contribution in [1.82, 2.24) is 20.3 Å². The van der Waals surface area contributed by atoms with E-state index in [0.717, 1.165) is 37.1 Å². The van der Waals surface area contributed by atoms with Gasteiger partial charge in [0.1, 0.15) is 23.4 Å². The first-order chi connectivity index (χ1) is 21.2. The molecule has 2 aromatic carbocycles. The van der Waals surface area contributed by atoms with Gasteiger partial charge in [-0.05, 0) is 75.9 Å². The molecular formula is C30H37FN6O6S. The SMILES string of the molecule is COc1cc2c(NS(=O)(=O)c3c(OC)cc([C@@H]4CC[C@@H](F)CCCN4C)cc3OC)noc2cc1Nc1cc(C2CC2)[nH]n1. The van der Waals surface area contributed by atoms with Crippen molar-refractivity contribution in [2.24, 2.45) is 0 Å². The molecule has 0 amide bonds. The lowest BCUT2D eigenvalue weighted by molar-refractivity contribution is 0.165. The molecule has 2 aromatic heterocycles. The minimum Gasteiger partial charge on any atom is -0.495 e. The lowest BCUT2D eigenvalue weighted by Crippen LogP contribution is -2.29. The topological polar surface area (TPSA) is 144 Å². The fourth-order valence-corrected chi connectivity index (χ4v) is 7.14. The summed E-state index contributed by atoms with van der Waals surface area (Å²) in [6.45, 7) is 0.723. The molecule has 0 bridgehead atoms. The van der Waals surface area contributed by atoms with E-state index in [1.54, 1.807) is 24.3 Å². The number of rotatable bonds is 10. The number of aromatic nitrogens is 3. The average molecular weight is 629 g/mol. The van der Waals surface area contributed by atoms with Gasteiger partial charge < -0.3 is 24.1 Å². The maximum absolute atomic E-state index is 14.3. The number of nitrogens with one attached hydrogen (secondary N) is 3. The number of fused-ring (bicyclic) bond motifs is 1. The molecule has 2 atom stereocenters. The predicted octanol–water partition coefficient (Wildman–Crippen LogP) is 5.88. The number of alkyl halides is 1. The number of H-pyrrole nitrogens is 1. The molecule has 2 aliphatic rings. The Bertz CT molecular complexity index is 1730. The lowest BCUT2D eigenvalue weighted by Gasteiger charge is -2.32. The van der Waals surface area contributed by atoms with Crippen LogP contribution in [0.5, 0.6) is 17.2 Å². The highest BCUT2D eigenvalue weighted by Crippen LogP contribution is 2.43. The number of benzene rings is 2. The van der Waals surface area contributed by atoms with E-state index in [1.807, 2.05) is 13.1 Å². The van der Waals surface area contributed by atoms with Crippen LogP contribution in [0.4, 0.5) is 21.7 Å². The molecule has 6 rings (SSSR count). The third-order valence-corrected chi connectivity index (χ3v) is 9.75. The summed E-state index contributed by atoms with van der Waals surface area (Å²) in [5.41, 5.74) is 2.77. The maximum atomic E-state index is 14.3. The maximum Gasteiger partial charge on any atom is 0.270 e. The zero-order valence-corrected chi connectivity index (χ0v) is 26.0. The Morgan fingerprint density at radius 3 is 2.39 bits per heavy atom. The minimum atomic E-state index is -4.29. The average Bonchev–Trinajstić information content (AvgIpc) is 3.64. The van der Waals surface area contributed by atoms with E-state index in [-0.39, 0.29) is 28.3 Å². The third-order valence-electron chi connectivity index (χ3n) is 8.35. The second kappa shape index (κ2) is 12.2. The molecule has 0 spiro atoms. The number of methoxy groups -OCH3 is 3. The van der Waals surface area contributed by atoms with Gasteiger partial charge in [0, 0.05) is 29.8 Å². The summed E-state index contributed by atoms with van der Waals surface area (Å²) in [6.07, 6.45) is 3.73. The Morgan fingerprint density at radius 2 is 1.70 bits per heavy atom. The summed E-state index contributed by atoms with van der Waals surface area (Å²) in [5.74, 6) is 1.76. The highest BCUT2D eigenvalue weighted by atomic mass is 32.2. The van der Waals surface area contributed by atoms with E-state index in [9.17, 15) is 12.8 Å². The number of sulfonamides is 1. The highest BCUT2D eigenvalue weighted by molar-refractivity contribution is 7.93. The fourth-order valence-electron chi connectivity index (χ4n) is 5.83. The van der Waals surface area contributed by atoms with Crippen molar-refractivity contribution in [2.45, 2.75) is 61.6 Å². The quantitative estimate of drug-likeness (QED) is 0.195. The van der Waals surface area contributed by atoms with Crippen molar-refractivity contribution < 1.29 is 31.5 Å². The number of likely N-dealkylation sites (tertiary alicyclic amines) is 1. The summed E-state index contributed by atoms with van der Waals surface area (Å²) in [4.78, 5) is 1.97. The molecule has 1 aliphatic heterocycles. The first-order valence-electron chi connectivity index (χ1n) is 14.6. The van der Waals surface area contributed by atoms with Gasteiger partial charge in [0.15, 0.2) is 22.1 Å². The normalized spacial score (nSPS) is 19.8. The number of halogens is 1. The molecule has 2 fully saturated rings. The van der Waals surface area contributed by atoms with Crippen molar-refractivity contribution >= 4 is 38.3 Å². The molecule has 12 nitrogen and oxygen atoms in total. The van der Waals surface area contributed by atoms with Crippen molar-refractivity contribution in [3.63, 3.8) is 0 Å². The van der Waals surface area contributed by atoms with Gasteiger partial charge in [-0.25, -0.2) is 12.8 Å². The second-order valence-corrected chi connectivity index (χ2v) is 13.0. The Kier molecular flexibility index (Phi) is 8.29. The summed E-state index contributed by atoms with van der Waals surface area (Å²) < 4.78 is 66.8. The lowest BCUT2D eigenvalue weighted by atomic mass is 9.95.